The number of rotatable bonds is 8. The van der Waals surface area contributed by atoms with Gasteiger partial charge in [0, 0.05) is 12.2 Å². The number of anilines is 1. The van der Waals surface area contributed by atoms with Crippen LogP contribution in [0.25, 0.3) is 10.8 Å². The predicted molar refractivity (Wildman–Crippen MR) is 143 cm³/mol. The molecule has 36 heavy (non-hydrogen) atoms. The second kappa shape index (κ2) is 11.7. The molecular weight excluding hydrogens is 454 g/mol. The maximum absolute atomic E-state index is 13.7. The van der Waals surface area contributed by atoms with E-state index in [9.17, 15) is 14.4 Å². The van der Waals surface area contributed by atoms with E-state index in [1.165, 1.54) is 4.90 Å². The third kappa shape index (κ3) is 7.31. The summed E-state index contributed by atoms with van der Waals surface area (Å²) in [5.74, 6) is -0.699. The average Bonchev–Trinajstić information content (AvgIpc) is 2.82. The number of ether oxygens (including phenoxy) is 1. The van der Waals surface area contributed by atoms with E-state index in [-0.39, 0.29) is 18.4 Å². The first-order chi connectivity index (χ1) is 17.1. The van der Waals surface area contributed by atoms with Gasteiger partial charge in [0.25, 0.3) is 5.91 Å². The molecular formula is C29H35N3O4. The molecule has 7 nitrogen and oxygen atoms in total. The van der Waals surface area contributed by atoms with Crippen molar-refractivity contribution >= 4 is 34.4 Å². The van der Waals surface area contributed by atoms with Gasteiger partial charge in [0.1, 0.15) is 18.2 Å². The first kappa shape index (κ1) is 26.7. The number of benzene rings is 3. The van der Waals surface area contributed by atoms with Gasteiger partial charge in [0.05, 0.1) is 0 Å². The zero-order chi connectivity index (χ0) is 26.3. The molecule has 0 saturated carbocycles. The number of amides is 3. The van der Waals surface area contributed by atoms with Gasteiger partial charge in [-0.2, -0.15) is 0 Å². The Bertz CT molecular complexity index is 1220. The summed E-state index contributed by atoms with van der Waals surface area (Å²) in [7, 11) is 0. The lowest BCUT2D eigenvalue weighted by Crippen LogP contribution is -2.46. The predicted octanol–water partition coefficient (Wildman–Crippen LogP) is 5.59. The van der Waals surface area contributed by atoms with Gasteiger partial charge in [-0.15, -0.1) is 0 Å². The maximum Gasteiger partial charge on any atom is 0.408 e. The minimum Gasteiger partial charge on any atom is -0.444 e. The third-order valence-corrected chi connectivity index (χ3v) is 5.54. The lowest BCUT2D eigenvalue weighted by molar-refractivity contribution is -0.138. The summed E-state index contributed by atoms with van der Waals surface area (Å²) in [5.41, 5.74) is 1.71. The number of alkyl carbamates (subject to hydrolysis) is 1. The molecule has 3 aromatic rings. The molecule has 0 heterocycles. The molecule has 1 unspecified atom stereocenters. The van der Waals surface area contributed by atoms with Crippen LogP contribution in [0.3, 0.4) is 0 Å². The number of hydrogen-bond acceptors (Lipinski definition) is 4. The van der Waals surface area contributed by atoms with E-state index < -0.39 is 17.7 Å². The second-order valence-corrected chi connectivity index (χ2v) is 9.81. The van der Waals surface area contributed by atoms with Crippen LogP contribution in [0.2, 0.25) is 0 Å². The third-order valence-electron chi connectivity index (χ3n) is 5.54. The van der Waals surface area contributed by atoms with Crippen molar-refractivity contribution in [3.8, 4) is 0 Å². The van der Waals surface area contributed by atoms with Gasteiger partial charge in [0.2, 0.25) is 5.91 Å². The van der Waals surface area contributed by atoms with Crippen molar-refractivity contribution in [3.05, 3.63) is 77.9 Å². The highest BCUT2D eigenvalue weighted by atomic mass is 16.6. The fraction of sp³-hybridized carbons (Fsp3) is 0.345. The Balaban J connectivity index is 1.87. The number of carbonyl (C=O) groups is 3. The molecule has 190 valence electrons. The number of nitrogens with zero attached hydrogens (tertiary/aromatic N) is 1. The molecule has 0 bridgehead atoms. The van der Waals surface area contributed by atoms with Crippen LogP contribution in [0.5, 0.6) is 0 Å². The van der Waals surface area contributed by atoms with Gasteiger partial charge in [-0.05, 0) is 62.6 Å². The molecule has 7 heteroatoms. The highest BCUT2D eigenvalue weighted by molar-refractivity contribution is 6.00. The zero-order valence-electron chi connectivity index (χ0n) is 21.6. The molecule has 1 atom stereocenters. The molecule has 0 saturated heterocycles. The van der Waals surface area contributed by atoms with Crippen LogP contribution in [0.1, 0.15) is 51.3 Å². The number of nitrogens with one attached hydrogen (secondary N) is 2. The Kier molecular flexibility index (Phi) is 8.69. The fourth-order valence-electron chi connectivity index (χ4n) is 3.90. The van der Waals surface area contributed by atoms with Gasteiger partial charge < -0.3 is 20.3 Å². The standard InChI is InChI=1S/C29H35N3O4/c1-6-17-32(25(33)19-30-28(35)36-29(3,4)5)26(22-13-11-20(2)12-14-22)27(34)31-24-16-15-21-9-7-8-10-23(21)18-24/h7-16,18,26H,6,17,19H2,1-5H3,(H,30,35)(H,31,34). The number of carbonyl (C=O) groups excluding carboxylic acids is 3. The van der Waals surface area contributed by atoms with Gasteiger partial charge in [-0.1, -0.05) is 67.1 Å². The summed E-state index contributed by atoms with van der Waals surface area (Å²) in [6.45, 7) is 9.23. The Labute approximate surface area is 212 Å². The van der Waals surface area contributed by atoms with Crippen LogP contribution in [0.15, 0.2) is 66.7 Å². The van der Waals surface area contributed by atoms with Crippen molar-refractivity contribution in [1.82, 2.24) is 10.2 Å². The number of hydrogen-bond donors (Lipinski definition) is 2. The monoisotopic (exact) mass is 489 g/mol. The van der Waals surface area contributed by atoms with Crippen molar-refractivity contribution in [2.75, 3.05) is 18.4 Å². The van der Waals surface area contributed by atoms with Gasteiger partial charge in [0.15, 0.2) is 0 Å². The smallest absolute Gasteiger partial charge is 0.408 e. The molecule has 0 aromatic heterocycles. The summed E-state index contributed by atoms with van der Waals surface area (Å²) in [4.78, 5) is 40.6. The minimum absolute atomic E-state index is 0.277. The van der Waals surface area contributed by atoms with E-state index in [0.29, 0.717) is 24.2 Å². The molecule has 2 N–H and O–H groups in total. The van der Waals surface area contributed by atoms with Crippen LogP contribution < -0.4 is 10.6 Å². The Morgan fingerprint density at radius 2 is 1.61 bits per heavy atom. The summed E-state index contributed by atoms with van der Waals surface area (Å²) in [5, 5.41) is 7.59. The normalized spacial score (nSPS) is 12.0. The van der Waals surface area contributed by atoms with Crippen molar-refractivity contribution in [2.45, 2.75) is 52.7 Å². The summed E-state index contributed by atoms with van der Waals surface area (Å²) < 4.78 is 5.25. The van der Waals surface area contributed by atoms with Crippen LogP contribution in [0.4, 0.5) is 10.5 Å². The molecule has 0 fully saturated rings. The Morgan fingerprint density at radius 1 is 0.944 bits per heavy atom. The zero-order valence-corrected chi connectivity index (χ0v) is 21.6. The van der Waals surface area contributed by atoms with Crippen LogP contribution in [-0.4, -0.2) is 41.5 Å². The molecule has 0 spiro atoms. The molecule has 3 rings (SSSR count). The summed E-state index contributed by atoms with van der Waals surface area (Å²) in [6, 6.07) is 20.3. The molecule has 0 radical (unpaired) electrons. The number of fused-ring (bicyclic) bond motifs is 1. The van der Waals surface area contributed by atoms with Crippen LogP contribution in [0, 0.1) is 6.92 Å². The molecule has 3 aromatic carbocycles. The van der Waals surface area contributed by atoms with Crippen molar-refractivity contribution < 1.29 is 19.1 Å². The molecule has 0 aliphatic carbocycles. The molecule has 0 aliphatic rings. The van der Waals surface area contributed by atoms with E-state index >= 15 is 0 Å². The first-order valence-corrected chi connectivity index (χ1v) is 12.2. The van der Waals surface area contributed by atoms with E-state index in [4.69, 9.17) is 4.74 Å². The van der Waals surface area contributed by atoms with E-state index in [1.807, 2.05) is 80.6 Å². The van der Waals surface area contributed by atoms with Crippen molar-refractivity contribution in [3.63, 3.8) is 0 Å². The lowest BCUT2D eigenvalue weighted by atomic mass is 10.0. The van der Waals surface area contributed by atoms with Gasteiger partial charge in [-0.3, -0.25) is 9.59 Å². The fourth-order valence-corrected chi connectivity index (χ4v) is 3.90. The Hall–Kier alpha value is -3.87. The van der Waals surface area contributed by atoms with Gasteiger partial charge >= 0.3 is 6.09 Å². The number of aryl methyl sites for hydroxylation is 1. The Morgan fingerprint density at radius 3 is 2.25 bits per heavy atom. The minimum atomic E-state index is -0.870. The summed E-state index contributed by atoms with van der Waals surface area (Å²) >= 11 is 0. The average molecular weight is 490 g/mol. The van der Waals surface area contributed by atoms with Crippen LogP contribution in [-0.2, 0) is 14.3 Å². The highest BCUT2D eigenvalue weighted by Crippen LogP contribution is 2.26. The van der Waals surface area contributed by atoms with Gasteiger partial charge in [-0.25, -0.2) is 4.79 Å². The highest BCUT2D eigenvalue weighted by Gasteiger charge is 2.31. The molecule has 0 aliphatic heterocycles. The molecule has 3 amide bonds. The SMILES string of the molecule is CCCN(C(=O)CNC(=O)OC(C)(C)C)C(C(=O)Nc1ccc2ccccc2c1)c1ccc(C)cc1. The maximum atomic E-state index is 13.7. The van der Waals surface area contributed by atoms with E-state index in [1.54, 1.807) is 20.8 Å². The summed E-state index contributed by atoms with van der Waals surface area (Å²) in [6.07, 6.45) is -0.0381. The lowest BCUT2D eigenvalue weighted by Gasteiger charge is -2.31. The van der Waals surface area contributed by atoms with E-state index in [0.717, 1.165) is 16.3 Å². The topological polar surface area (TPSA) is 87.7 Å². The van der Waals surface area contributed by atoms with Crippen molar-refractivity contribution in [2.24, 2.45) is 0 Å². The first-order valence-electron chi connectivity index (χ1n) is 12.2. The van der Waals surface area contributed by atoms with Crippen molar-refractivity contribution in [1.29, 1.82) is 0 Å². The second-order valence-electron chi connectivity index (χ2n) is 9.81. The van der Waals surface area contributed by atoms with Crippen LogP contribution >= 0.6 is 0 Å². The largest absolute Gasteiger partial charge is 0.444 e. The van der Waals surface area contributed by atoms with E-state index in [2.05, 4.69) is 10.6 Å². The quantitative estimate of drug-likeness (QED) is 0.432.